The molecule has 4 aromatic heterocycles. The van der Waals surface area contributed by atoms with Crippen molar-refractivity contribution in [3.8, 4) is 0 Å². The molecule has 0 aromatic carbocycles. The van der Waals surface area contributed by atoms with Gasteiger partial charge in [0.1, 0.15) is 24.4 Å². The summed E-state index contributed by atoms with van der Waals surface area (Å²) in [5.41, 5.74) is 10.6. The Morgan fingerprint density at radius 1 is 0.943 bits per heavy atom. The minimum atomic E-state index is -4.09. The number of hydrogen-bond acceptors (Lipinski definition) is 16. The SMILES string of the molecule is CC(C)(C)[Si](C)(C)O[C@@H]1[C@@H]2NP(O)(=S)OC[C@H]3O[C@@H](n4cnc5c(=O)[nH]c(N)nc54)[C@H](O)[C@@H]3NP(=O)(S)OC[C@H]2O[C@H]1n1cnc2c(=O)[nH]c(N)nc21. The van der Waals surface area contributed by atoms with Crippen LogP contribution in [0.2, 0.25) is 18.1 Å². The zero-order valence-corrected chi connectivity index (χ0v) is 33.4. The lowest BCUT2D eigenvalue weighted by Gasteiger charge is -2.41. The maximum Gasteiger partial charge on any atom is 0.324 e. The molecule has 27 heteroatoms. The van der Waals surface area contributed by atoms with Gasteiger partial charge in [-0.3, -0.25) is 33.3 Å². The normalized spacial score (nSPS) is 34.5. The first-order valence-corrected chi connectivity index (χ1v) is 24.6. The number of nitrogens with one attached hydrogen (secondary N) is 4. The third kappa shape index (κ3) is 7.28. The van der Waals surface area contributed by atoms with E-state index >= 15 is 0 Å². The number of aromatic nitrogens is 8. The molecule has 3 saturated heterocycles. The molecule has 7 rings (SSSR count). The minimum Gasteiger partial charge on any atom is -0.408 e. The summed E-state index contributed by atoms with van der Waals surface area (Å²) in [4.78, 5) is 58.3. The maximum absolute atomic E-state index is 14.0. The average molecular weight is 835 g/mol. The Morgan fingerprint density at radius 2 is 1.45 bits per heavy atom. The number of rotatable bonds is 4. The summed E-state index contributed by atoms with van der Waals surface area (Å²) < 4.78 is 48.2. The molecule has 0 saturated carbocycles. The molecule has 0 aliphatic carbocycles. The Hall–Kier alpha value is -2.61. The molecule has 10 N–H and O–H groups in total. The van der Waals surface area contributed by atoms with Gasteiger partial charge in [0.25, 0.3) is 17.8 Å². The molecule has 22 nitrogen and oxygen atoms in total. The molecule has 3 aliphatic heterocycles. The molecule has 3 fully saturated rings. The van der Waals surface area contributed by atoms with E-state index in [0.717, 1.165) is 0 Å². The van der Waals surface area contributed by atoms with Crippen molar-refractivity contribution in [2.24, 2.45) is 0 Å². The molecule has 290 valence electrons. The molecule has 2 unspecified atom stereocenters. The van der Waals surface area contributed by atoms with Crippen LogP contribution in [0.1, 0.15) is 33.2 Å². The van der Waals surface area contributed by atoms with Crippen LogP contribution >= 0.6 is 25.6 Å². The molecule has 0 radical (unpaired) electrons. The third-order valence-corrected chi connectivity index (χ3v) is 17.9. The number of aromatic amines is 2. The number of nitrogens with two attached hydrogens (primary N) is 2. The maximum atomic E-state index is 14.0. The number of imidazole rings is 2. The number of nitrogen functional groups attached to an aromatic ring is 2. The van der Waals surface area contributed by atoms with Crippen molar-refractivity contribution in [1.29, 1.82) is 0 Å². The fourth-order valence-corrected chi connectivity index (χ4v) is 10.9. The number of fused-ring (bicyclic) bond motifs is 4. The van der Waals surface area contributed by atoms with E-state index in [1.165, 1.54) is 21.8 Å². The number of aliphatic hydroxyl groups excluding tert-OH is 1. The van der Waals surface area contributed by atoms with Crippen LogP contribution in [0.3, 0.4) is 0 Å². The minimum absolute atomic E-state index is 0.00165. The summed E-state index contributed by atoms with van der Waals surface area (Å²) >= 11 is 9.93. The van der Waals surface area contributed by atoms with Crippen molar-refractivity contribution in [1.82, 2.24) is 49.2 Å². The summed E-state index contributed by atoms with van der Waals surface area (Å²) in [5.74, 6) is -0.336. The van der Waals surface area contributed by atoms with E-state index in [0.29, 0.717) is 0 Å². The van der Waals surface area contributed by atoms with E-state index in [9.17, 15) is 24.2 Å². The van der Waals surface area contributed by atoms with Crippen molar-refractivity contribution >= 4 is 80.0 Å². The monoisotopic (exact) mass is 834 g/mol. The van der Waals surface area contributed by atoms with Gasteiger partial charge in [-0.05, 0) is 29.9 Å². The van der Waals surface area contributed by atoms with Gasteiger partial charge in [-0.25, -0.2) is 20.1 Å². The molecule has 7 heterocycles. The van der Waals surface area contributed by atoms with Crippen molar-refractivity contribution in [3.05, 3.63) is 33.4 Å². The lowest BCUT2D eigenvalue weighted by molar-refractivity contribution is -0.0464. The number of hydrogen-bond donors (Lipinski definition) is 9. The number of thiol groups is 1. The lowest BCUT2D eigenvalue weighted by atomic mass is 10.1. The quantitative estimate of drug-likeness (QED) is 0.0752. The topological polar surface area (TPSA) is 307 Å². The predicted octanol–water partition coefficient (Wildman–Crippen LogP) is 0.181. The highest BCUT2D eigenvalue weighted by Gasteiger charge is 2.54. The van der Waals surface area contributed by atoms with Gasteiger partial charge in [0.2, 0.25) is 11.9 Å². The van der Waals surface area contributed by atoms with E-state index in [4.69, 9.17) is 46.2 Å². The molecule has 53 heavy (non-hydrogen) atoms. The first-order valence-electron chi connectivity index (χ1n) is 16.3. The van der Waals surface area contributed by atoms with Gasteiger partial charge in [-0.15, -0.1) is 0 Å². The Bertz CT molecular complexity index is 2280. The summed E-state index contributed by atoms with van der Waals surface area (Å²) in [6.45, 7) is 1.32. The second-order valence-electron chi connectivity index (χ2n) is 14.5. The summed E-state index contributed by atoms with van der Waals surface area (Å²) in [7, 11) is -2.64. The van der Waals surface area contributed by atoms with Gasteiger partial charge >= 0.3 is 6.72 Å². The van der Waals surface area contributed by atoms with Gasteiger partial charge < -0.3 is 44.4 Å². The number of nitrogens with zero attached hydrogens (tertiary/aromatic N) is 6. The molecule has 0 spiro atoms. The van der Waals surface area contributed by atoms with Crippen LogP contribution in [0.15, 0.2) is 22.2 Å². The van der Waals surface area contributed by atoms with E-state index in [2.05, 4.69) is 52.3 Å². The molecule has 0 bridgehead atoms. The van der Waals surface area contributed by atoms with Crippen LogP contribution < -0.4 is 32.8 Å². The van der Waals surface area contributed by atoms with Crippen LogP contribution in [0, 0.1) is 0 Å². The summed E-state index contributed by atoms with van der Waals surface area (Å²) in [5, 5.41) is 17.0. The van der Waals surface area contributed by atoms with Gasteiger partial charge in [0.15, 0.2) is 43.1 Å². The van der Waals surface area contributed by atoms with Crippen molar-refractivity contribution in [2.75, 3.05) is 24.7 Å². The van der Waals surface area contributed by atoms with Crippen LogP contribution in [-0.4, -0.2) is 107 Å². The van der Waals surface area contributed by atoms with E-state index < -0.39 is 95.0 Å². The molecule has 0 amide bonds. The van der Waals surface area contributed by atoms with E-state index in [1.54, 1.807) is 0 Å². The molecule has 3 aliphatic rings. The van der Waals surface area contributed by atoms with Gasteiger partial charge in [-0.1, -0.05) is 33.0 Å². The Morgan fingerprint density at radius 3 is 2.02 bits per heavy atom. The van der Waals surface area contributed by atoms with Crippen LogP contribution in [0.5, 0.6) is 0 Å². The smallest absolute Gasteiger partial charge is 0.324 e. The highest BCUT2D eigenvalue weighted by Crippen LogP contribution is 2.53. The van der Waals surface area contributed by atoms with Gasteiger partial charge in [0.05, 0.1) is 38.0 Å². The van der Waals surface area contributed by atoms with Crippen LogP contribution in [0.25, 0.3) is 22.3 Å². The largest absolute Gasteiger partial charge is 0.408 e. The second kappa shape index (κ2) is 13.5. The van der Waals surface area contributed by atoms with Gasteiger partial charge in [-0.2, -0.15) is 9.97 Å². The van der Waals surface area contributed by atoms with E-state index in [-0.39, 0.29) is 39.3 Å². The number of H-pyrrole nitrogens is 2. The Balaban J connectivity index is 1.24. The van der Waals surface area contributed by atoms with Crippen LogP contribution in [0.4, 0.5) is 11.9 Å². The zero-order chi connectivity index (χ0) is 38.4. The fourth-order valence-electron chi connectivity index (χ4n) is 6.23. The number of ether oxygens (including phenoxy) is 2. The molecule has 4 aromatic rings. The molecule has 10 atom stereocenters. The van der Waals surface area contributed by atoms with Crippen LogP contribution in [-0.2, 0) is 39.3 Å². The van der Waals surface area contributed by atoms with Crippen molar-refractivity contribution in [2.45, 2.75) is 87.9 Å². The summed E-state index contributed by atoms with van der Waals surface area (Å²) in [6, 6.07) is -2.13. The average Bonchev–Trinajstić information content (AvgIpc) is 3.79. The van der Waals surface area contributed by atoms with Crippen molar-refractivity contribution in [3.63, 3.8) is 0 Å². The lowest BCUT2D eigenvalue weighted by Crippen LogP contribution is -2.53. The zero-order valence-electron chi connectivity index (χ0n) is 28.9. The Kier molecular flexibility index (Phi) is 9.88. The van der Waals surface area contributed by atoms with Crippen molar-refractivity contribution < 1.29 is 37.5 Å². The summed E-state index contributed by atoms with van der Waals surface area (Å²) in [6.07, 6.45) is -4.21. The first kappa shape index (κ1) is 38.7. The second-order valence-corrected chi connectivity index (χ2v) is 25.4. The molecular formula is C26H40N12O10P2S2Si. The highest BCUT2D eigenvalue weighted by molar-refractivity contribution is 8.45. The first-order chi connectivity index (χ1) is 24.6. The van der Waals surface area contributed by atoms with Gasteiger partial charge in [0, 0.05) is 0 Å². The predicted molar refractivity (Wildman–Crippen MR) is 200 cm³/mol. The Labute approximate surface area is 311 Å². The third-order valence-electron chi connectivity index (χ3n) is 9.86. The van der Waals surface area contributed by atoms with E-state index in [1.807, 2.05) is 33.9 Å². The standard InChI is InChI=1S/C26H40N12O10P2S2Si/c1-26(2,3)53(4,5)48-17-13-11(47-23(17)38-9-30-15-19(38)32-25(28)34-21(15)41)7-45-49(42,51)35-12-10(6-44-50(43,52)36-13)46-22(16(12)39)37-8-29-14-18(37)31-24(27)33-20(14)40/h8-13,16-17,22-23,39H,6-7H2,1-5H3,(H2,35,42,51)(H2,36,43,52)(H3,27,31,33,40)(H3,28,32,34,41)/t10-,11-,12-,13-,16-,17-,22-,23-,49?,50?/m1/s1. The number of anilines is 2. The highest BCUT2D eigenvalue weighted by atomic mass is 32.7. The molecular weight excluding hydrogens is 795 g/mol. The fraction of sp³-hybridized carbons (Fsp3) is 0.615. The number of aliphatic hydroxyl groups is 1.